The van der Waals surface area contributed by atoms with E-state index in [1.54, 1.807) is 0 Å². The van der Waals surface area contributed by atoms with Gasteiger partial charge in [0.25, 0.3) is 0 Å². The Bertz CT molecular complexity index is 438. The molecule has 2 heterocycles. The number of rotatable bonds is 2. The number of aromatic nitrogens is 2. The smallest absolute Gasteiger partial charge is 0.193 e. The first-order chi connectivity index (χ1) is 7.09. The molecule has 0 bridgehead atoms. The zero-order valence-electron chi connectivity index (χ0n) is 9.57. The minimum absolute atomic E-state index is 1.03. The van der Waals surface area contributed by atoms with Crippen LogP contribution in [0.5, 0.6) is 0 Å². The van der Waals surface area contributed by atoms with Gasteiger partial charge in [0, 0.05) is 13.8 Å². The van der Waals surface area contributed by atoms with Crippen LogP contribution in [0.3, 0.4) is 0 Å². The van der Waals surface area contributed by atoms with Crippen LogP contribution in [-0.2, 0) is 20.5 Å². The molecule has 0 atom stereocenters. The molecule has 2 rings (SSSR count). The summed E-state index contributed by atoms with van der Waals surface area (Å²) in [5, 5.41) is 7.23. The lowest BCUT2D eigenvalue weighted by Crippen LogP contribution is -2.37. The molecule has 0 unspecified atom stereocenters. The summed E-state index contributed by atoms with van der Waals surface area (Å²) in [6, 6.07) is 0. The minimum atomic E-state index is 1.03. The van der Waals surface area contributed by atoms with E-state index in [4.69, 9.17) is 0 Å². The Hall–Kier alpha value is -0.740. The Labute approximate surface area is 98.5 Å². The van der Waals surface area contributed by atoms with Crippen molar-refractivity contribution in [3.8, 4) is 0 Å². The van der Waals surface area contributed by atoms with Gasteiger partial charge in [0.05, 0.1) is 10.8 Å². The summed E-state index contributed by atoms with van der Waals surface area (Å²) >= 11 is 3.64. The summed E-state index contributed by atoms with van der Waals surface area (Å²) in [5.41, 5.74) is 2.79. The Kier molecular flexibility index (Phi) is 2.89. The first-order valence-electron chi connectivity index (χ1n) is 4.95. The Balaban J connectivity index is 2.29. The van der Waals surface area contributed by atoms with Crippen molar-refractivity contribution in [3.05, 3.63) is 32.2 Å². The van der Waals surface area contributed by atoms with Crippen molar-refractivity contribution in [2.24, 2.45) is 14.1 Å². The van der Waals surface area contributed by atoms with Gasteiger partial charge in [0.2, 0.25) is 21.4 Å². The van der Waals surface area contributed by atoms with Crippen molar-refractivity contribution in [3.63, 3.8) is 0 Å². The van der Waals surface area contributed by atoms with Crippen molar-refractivity contribution in [2.75, 3.05) is 0 Å². The molecule has 0 saturated heterocycles. The molecule has 0 aliphatic rings. The maximum atomic E-state index is 2.28. The zero-order chi connectivity index (χ0) is 11.0. The van der Waals surface area contributed by atoms with Gasteiger partial charge in [-0.3, -0.25) is 0 Å². The minimum Gasteiger partial charge on any atom is -0.193 e. The van der Waals surface area contributed by atoms with Crippen LogP contribution in [0, 0.1) is 13.8 Å². The van der Waals surface area contributed by atoms with Gasteiger partial charge >= 0.3 is 0 Å². The second-order valence-electron chi connectivity index (χ2n) is 3.79. The third kappa shape index (κ3) is 1.96. The fourth-order valence-electron chi connectivity index (χ4n) is 1.53. The second kappa shape index (κ2) is 4.02. The molecule has 2 nitrogen and oxygen atoms in total. The van der Waals surface area contributed by atoms with Gasteiger partial charge in [-0.15, -0.1) is 0 Å². The van der Waals surface area contributed by atoms with Crippen LogP contribution in [0.25, 0.3) is 0 Å². The van der Waals surface area contributed by atoms with E-state index in [1.165, 1.54) is 21.4 Å². The first kappa shape index (κ1) is 10.8. The van der Waals surface area contributed by atoms with E-state index in [-0.39, 0.29) is 0 Å². The van der Waals surface area contributed by atoms with Crippen molar-refractivity contribution in [1.29, 1.82) is 0 Å². The van der Waals surface area contributed by atoms with Crippen molar-refractivity contribution in [2.45, 2.75) is 20.3 Å². The Morgan fingerprint density at radius 3 is 1.60 bits per heavy atom. The number of hydrogen-bond donors (Lipinski definition) is 0. The molecule has 80 valence electrons. The largest absolute Gasteiger partial charge is 0.234 e. The van der Waals surface area contributed by atoms with Crippen LogP contribution in [-0.4, -0.2) is 0 Å². The van der Waals surface area contributed by atoms with Gasteiger partial charge in [0.15, 0.2) is 0 Å². The van der Waals surface area contributed by atoms with E-state index in [2.05, 4.69) is 47.8 Å². The van der Waals surface area contributed by atoms with Crippen LogP contribution in [0.4, 0.5) is 0 Å². The van der Waals surface area contributed by atoms with Crippen LogP contribution in [0.15, 0.2) is 10.8 Å². The molecule has 0 saturated carbocycles. The monoisotopic (exact) mass is 240 g/mol. The first-order valence-corrected chi connectivity index (χ1v) is 6.71. The summed E-state index contributed by atoms with van der Waals surface area (Å²) < 4.78 is 4.55. The van der Waals surface area contributed by atoms with Crippen LogP contribution >= 0.6 is 22.7 Å². The SMILES string of the molecule is Cc1scc(Cc2csc(C)[n+]2C)[n+]1C. The van der Waals surface area contributed by atoms with Gasteiger partial charge in [-0.25, -0.2) is 0 Å². The molecule has 2 aromatic rings. The maximum absolute atomic E-state index is 2.28. The standard InChI is InChI=1S/C11H16N2S2/c1-8-12(3)10(6-14-8)5-11-7-15-9(2)13(11)4/h6-7H,5H2,1-4H3/q+2. The lowest BCUT2D eigenvalue weighted by Gasteiger charge is -1.92. The number of aryl methyl sites for hydroxylation is 2. The third-order valence-corrected chi connectivity index (χ3v) is 4.91. The van der Waals surface area contributed by atoms with Gasteiger partial charge in [0.1, 0.15) is 20.5 Å². The van der Waals surface area contributed by atoms with Crippen molar-refractivity contribution in [1.82, 2.24) is 0 Å². The molecule has 0 fully saturated rings. The molecule has 0 spiro atoms. The van der Waals surface area contributed by atoms with Gasteiger partial charge in [-0.1, -0.05) is 22.7 Å². The topological polar surface area (TPSA) is 7.76 Å². The Morgan fingerprint density at radius 2 is 1.33 bits per heavy atom. The van der Waals surface area contributed by atoms with E-state index in [9.17, 15) is 0 Å². The predicted molar refractivity (Wildman–Crippen MR) is 63.3 cm³/mol. The zero-order valence-corrected chi connectivity index (χ0v) is 11.2. The van der Waals surface area contributed by atoms with Gasteiger partial charge < -0.3 is 0 Å². The molecule has 0 aliphatic heterocycles. The molecule has 0 radical (unpaired) electrons. The van der Waals surface area contributed by atoms with E-state index >= 15 is 0 Å². The van der Waals surface area contributed by atoms with E-state index in [0.29, 0.717) is 0 Å². The predicted octanol–water partition coefficient (Wildman–Crippen LogP) is 1.67. The highest BCUT2D eigenvalue weighted by Gasteiger charge is 2.19. The summed E-state index contributed by atoms with van der Waals surface area (Å²) in [6.07, 6.45) is 1.03. The molecule has 0 amide bonds. The van der Waals surface area contributed by atoms with Crippen molar-refractivity contribution >= 4 is 22.7 Å². The molecule has 0 aromatic carbocycles. The molecule has 0 aliphatic carbocycles. The van der Waals surface area contributed by atoms with Crippen molar-refractivity contribution < 1.29 is 9.13 Å². The number of thiazole rings is 2. The van der Waals surface area contributed by atoms with Crippen LogP contribution in [0.2, 0.25) is 0 Å². The fourth-order valence-corrected chi connectivity index (χ4v) is 3.18. The second-order valence-corrected chi connectivity index (χ2v) is 5.91. The van der Waals surface area contributed by atoms with E-state index < -0.39 is 0 Å². The molecule has 0 N–H and O–H groups in total. The summed E-state index contributed by atoms with van der Waals surface area (Å²) in [7, 11) is 4.28. The lowest BCUT2D eigenvalue weighted by molar-refractivity contribution is -0.691. The van der Waals surface area contributed by atoms with Crippen LogP contribution < -0.4 is 9.13 Å². The average molecular weight is 240 g/mol. The summed E-state index contributed by atoms with van der Waals surface area (Å²) in [5.74, 6) is 0. The number of hydrogen-bond acceptors (Lipinski definition) is 2. The van der Waals surface area contributed by atoms with E-state index in [1.807, 2.05) is 22.7 Å². The summed E-state index contributed by atoms with van der Waals surface area (Å²) in [6.45, 7) is 4.32. The normalized spacial score (nSPS) is 10.9. The third-order valence-electron chi connectivity index (χ3n) is 2.90. The fraction of sp³-hybridized carbons (Fsp3) is 0.455. The molecular weight excluding hydrogens is 224 g/mol. The average Bonchev–Trinajstić information content (AvgIpc) is 2.68. The lowest BCUT2D eigenvalue weighted by atomic mass is 10.2. The molecule has 4 heteroatoms. The molecular formula is C11H16N2S2+2. The maximum Gasteiger partial charge on any atom is 0.234 e. The highest BCUT2D eigenvalue weighted by molar-refractivity contribution is 7.09. The van der Waals surface area contributed by atoms with Crippen LogP contribution in [0.1, 0.15) is 21.4 Å². The van der Waals surface area contributed by atoms with Gasteiger partial charge in [-0.2, -0.15) is 9.13 Å². The highest BCUT2D eigenvalue weighted by Crippen LogP contribution is 2.12. The molecule has 15 heavy (non-hydrogen) atoms. The Morgan fingerprint density at radius 1 is 0.933 bits per heavy atom. The summed E-state index contributed by atoms with van der Waals surface area (Å²) in [4.78, 5) is 0. The molecule has 2 aromatic heterocycles. The van der Waals surface area contributed by atoms with Gasteiger partial charge in [-0.05, 0) is 0 Å². The number of nitrogens with zero attached hydrogens (tertiary/aromatic N) is 2. The quantitative estimate of drug-likeness (QED) is 0.706. The highest BCUT2D eigenvalue weighted by atomic mass is 32.1. The van der Waals surface area contributed by atoms with E-state index in [0.717, 1.165) is 6.42 Å².